The van der Waals surface area contributed by atoms with Gasteiger partial charge in [-0.15, -0.1) is 0 Å². The fraction of sp³-hybridized carbons (Fsp3) is 0.167. The lowest BCUT2D eigenvalue weighted by atomic mass is 10.1. The van der Waals surface area contributed by atoms with Gasteiger partial charge in [-0.25, -0.2) is 4.79 Å². The van der Waals surface area contributed by atoms with E-state index in [-0.39, 0.29) is 6.61 Å². The van der Waals surface area contributed by atoms with Crippen LogP contribution in [-0.4, -0.2) is 24.8 Å². The Morgan fingerprint density at radius 2 is 1.95 bits per heavy atom. The number of aliphatic hydroxyl groups excluding tert-OH is 1. The van der Waals surface area contributed by atoms with Crippen molar-refractivity contribution in [3.63, 3.8) is 0 Å². The average molecular weight is 298 g/mol. The highest BCUT2D eigenvalue weighted by Gasteiger charge is 2.10. The zero-order chi connectivity index (χ0) is 15.8. The molecule has 2 rings (SSSR count). The molecule has 1 atom stereocenters. The van der Waals surface area contributed by atoms with Crippen molar-refractivity contribution in [3.05, 3.63) is 71.8 Å². The van der Waals surface area contributed by atoms with Crippen molar-refractivity contribution in [2.45, 2.75) is 6.10 Å². The lowest BCUT2D eigenvalue weighted by Crippen LogP contribution is -2.11. The Hall–Kier alpha value is -2.59. The van der Waals surface area contributed by atoms with Gasteiger partial charge in [-0.2, -0.15) is 0 Å². The predicted molar refractivity (Wildman–Crippen MR) is 84.4 cm³/mol. The molecule has 114 valence electrons. The van der Waals surface area contributed by atoms with E-state index >= 15 is 0 Å². The van der Waals surface area contributed by atoms with Crippen molar-refractivity contribution in [3.8, 4) is 5.75 Å². The van der Waals surface area contributed by atoms with Crippen LogP contribution < -0.4 is 4.74 Å². The molecule has 0 aliphatic heterocycles. The van der Waals surface area contributed by atoms with Crippen molar-refractivity contribution < 1.29 is 19.4 Å². The number of ether oxygens (including phenoxy) is 2. The van der Waals surface area contributed by atoms with E-state index < -0.39 is 12.1 Å². The maximum Gasteiger partial charge on any atom is 0.330 e. The van der Waals surface area contributed by atoms with Crippen molar-refractivity contribution in [2.24, 2.45) is 0 Å². The Kier molecular flexibility index (Phi) is 5.74. The Bertz CT molecular complexity index is 635. The summed E-state index contributed by atoms with van der Waals surface area (Å²) in [6, 6.07) is 16.5. The van der Waals surface area contributed by atoms with Crippen molar-refractivity contribution in [2.75, 3.05) is 13.7 Å². The molecule has 4 nitrogen and oxygen atoms in total. The first-order valence-electron chi connectivity index (χ1n) is 6.91. The predicted octanol–water partition coefficient (Wildman–Crippen LogP) is 2.99. The van der Waals surface area contributed by atoms with E-state index in [9.17, 15) is 9.90 Å². The van der Waals surface area contributed by atoms with Crippen molar-refractivity contribution in [1.29, 1.82) is 0 Å². The molecule has 0 saturated carbocycles. The number of rotatable bonds is 6. The molecule has 2 aromatic rings. The van der Waals surface area contributed by atoms with Crippen molar-refractivity contribution in [1.82, 2.24) is 0 Å². The van der Waals surface area contributed by atoms with E-state index in [1.807, 2.05) is 30.3 Å². The molecule has 0 spiro atoms. The van der Waals surface area contributed by atoms with Gasteiger partial charge < -0.3 is 14.6 Å². The van der Waals surface area contributed by atoms with E-state index in [0.29, 0.717) is 11.3 Å². The minimum atomic E-state index is -0.885. The maximum atomic E-state index is 11.6. The van der Waals surface area contributed by atoms with Gasteiger partial charge in [0.15, 0.2) is 0 Å². The molecule has 0 unspecified atom stereocenters. The van der Waals surface area contributed by atoms with Crippen LogP contribution in [0.5, 0.6) is 5.75 Å². The number of benzene rings is 2. The Morgan fingerprint density at radius 3 is 2.68 bits per heavy atom. The quantitative estimate of drug-likeness (QED) is 0.658. The molecule has 0 aromatic heterocycles. The standard InChI is InChI=1S/C18H18O4/c1-21-16-9-5-8-15(12-16)17(19)13-22-18(20)11-10-14-6-3-2-4-7-14/h2-12,17,19H,13H2,1H3/b11-10+/t17-/m1/s1. The van der Waals surface area contributed by atoms with Gasteiger partial charge >= 0.3 is 5.97 Å². The molecule has 0 aliphatic carbocycles. The SMILES string of the molecule is COc1cccc([C@H](O)COC(=O)/C=C/c2ccccc2)c1. The molecule has 0 heterocycles. The third kappa shape index (κ3) is 4.75. The van der Waals surface area contributed by atoms with E-state index in [1.54, 1.807) is 37.5 Å². The molecular weight excluding hydrogens is 280 g/mol. The Morgan fingerprint density at radius 1 is 1.18 bits per heavy atom. The van der Waals surface area contributed by atoms with Gasteiger partial charge in [0.05, 0.1) is 7.11 Å². The normalized spacial score (nSPS) is 12.1. The fourth-order valence-electron chi connectivity index (χ4n) is 1.88. The summed E-state index contributed by atoms with van der Waals surface area (Å²) >= 11 is 0. The van der Waals surface area contributed by atoms with Crippen LogP contribution in [0, 0.1) is 0 Å². The maximum absolute atomic E-state index is 11.6. The monoisotopic (exact) mass is 298 g/mol. The molecule has 0 fully saturated rings. The third-order valence-corrected chi connectivity index (χ3v) is 3.07. The van der Waals surface area contributed by atoms with Crippen LogP contribution in [0.3, 0.4) is 0 Å². The van der Waals surface area contributed by atoms with Gasteiger partial charge in [-0.3, -0.25) is 0 Å². The van der Waals surface area contributed by atoms with Gasteiger partial charge in [-0.05, 0) is 29.3 Å². The van der Waals surface area contributed by atoms with Crippen LogP contribution in [0.2, 0.25) is 0 Å². The van der Waals surface area contributed by atoms with Crippen LogP contribution in [0.15, 0.2) is 60.7 Å². The second-order valence-corrected chi connectivity index (χ2v) is 4.67. The molecule has 4 heteroatoms. The molecule has 0 aliphatic rings. The smallest absolute Gasteiger partial charge is 0.330 e. The highest BCUT2D eigenvalue weighted by Crippen LogP contribution is 2.19. The number of aliphatic hydroxyl groups is 1. The van der Waals surface area contributed by atoms with Gasteiger partial charge in [0.1, 0.15) is 18.5 Å². The lowest BCUT2D eigenvalue weighted by molar-refractivity contribution is -0.140. The number of esters is 1. The van der Waals surface area contributed by atoms with Crippen LogP contribution in [0.25, 0.3) is 6.08 Å². The van der Waals surface area contributed by atoms with Crippen LogP contribution in [0.1, 0.15) is 17.2 Å². The zero-order valence-corrected chi connectivity index (χ0v) is 12.3. The first-order valence-corrected chi connectivity index (χ1v) is 6.91. The van der Waals surface area contributed by atoms with Crippen LogP contribution in [0.4, 0.5) is 0 Å². The summed E-state index contributed by atoms with van der Waals surface area (Å²) in [4.78, 5) is 11.6. The summed E-state index contributed by atoms with van der Waals surface area (Å²) in [7, 11) is 1.56. The number of carbonyl (C=O) groups excluding carboxylic acids is 1. The number of hydrogen-bond donors (Lipinski definition) is 1. The summed E-state index contributed by atoms with van der Waals surface area (Å²) in [6.07, 6.45) is 2.12. The van der Waals surface area contributed by atoms with Crippen LogP contribution >= 0.6 is 0 Å². The summed E-state index contributed by atoms with van der Waals surface area (Å²) in [5.74, 6) is 0.151. The molecule has 22 heavy (non-hydrogen) atoms. The first-order chi connectivity index (χ1) is 10.7. The number of hydrogen-bond acceptors (Lipinski definition) is 4. The minimum absolute atomic E-state index is 0.106. The average Bonchev–Trinajstić information content (AvgIpc) is 2.58. The van der Waals surface area contributed by atoms with Crippen LogP contribution in [-0.2, 0) is 9.53 Å². The number of methoxy groups -OCH3 is 1. The molecule has 0 bridgehead atoms. The summed E-state index contributed by atoms with van der Waals surface area (Å²) in [6.45, 7) is -0.106. The van der Waals surface area contributed by atoms with E-state index in [0.717, 1.165) is 5.56 Å². The molecule has 0 radical (unpaired) electrons. The lowest BCUT2D eigenvalue weighted by Gasteiger charge is -2.11. The highest BCUT2D eigenvalue weighted by atomic mass is 16.5. The van der Waals surface area contributed by atoms with Gasteiger partial charge in [0.2, 0.25) is 0 Å². The Balaban J connectivity index is 1.86. The van der Waals surface area contributed by atoms with E-state index in [4.69, 9.17) is 9.47 Å². The summed E-state index contributed by atoms with van der Waals surface area (Å²) < 4.78 is 10.1. The third-order valence-electron chi connectivity index (χ3n) is 3.07. The van der Waals surface area contributed by atoms with Gasteiger partial charge in [0, 0.05) is 6.08 Å². The molecule has 2 aromatic carbocycles. The van der Waals surface area contributed by atoms with Gasteiger partial charge in [-0.1, -0.05) is 42.5 Å². The highest BCUT2D eigenvalue weighted by molar-refractivity contribution is 5.87. The topological polar surface area (TPSA) is 55.8 Å². The summed E-state index contributed by atoms with van der Waals surface area (Å²) in [5, 5.41) is 10.0. The number of carbonyl (C=O) groups is 1. The largest absolute Gasteiger partial charge is 0.497 e. The van der Waals surface area contributed by atoms with Gasteiger partial charge in [0.25, 0.3) is 0 Å². The molecular formula is C18H18O4. The summed E-state index contributed by atoms with van der Waals surface area (Å²) in [5.41, 5.74) is 1.55. The zero-order valence-electron chi connectivity index (χ0n) is 12.3. The first kappa shape index (κ1) is 15.8. The van der Waals surface area contributed by atoms with E-state index in [2.05, 4.69) is 0 Å². The second kappa shape index (κ2) is 8.00. The molecule has 0 saturated heterocycles. The molecule has 0 amide bonds. The minimum Gasteiger partial charge on any atom is -0.497 e. The fourth-order valence-corrected chi connectivity index (χ4v) is 1.88. The van der Waals surface area contributed by atoms with E-state index in [1.165, 1.54) is 6.08 Å². The van der Waals surface area contributed by atoms with Crippen molar-refractivity contribution >= 4 is 12.0 Å². The second-order valence-electron chi connectivity index (χ2n) is 4.67. The Labute approximate surface area is 129 Å². The molecule has 1 N–H and O–H groups in total.